The molecule has 0 aromatic heterocycles. The first kappa shape index (κ1) is 11.3. The molecule has 2 heteroatoms. The van der Waals surface area contributed by atoms with Gasteiger partial charge in [0, 0.05) is 0 Å². The number of benzene rings is 2. The van der Waals surface area contributed by atoms with Gasteiger partial charge in [-0.25, -0.2) is 4.39 Å². The van der Waals surface area contributed by atoms with Crippen LogP contribution in [0.25, 0.3) is 0 Å². The third kappa shape index (κ3) is 1.78. The molecule has 2 aromatic carbocycles. The Bertz CT molecular complexity index is 604. The Morgan fingerprint density at radius 3 is 2.78 bits per heavy atom. The Labute approximate surface area is 107 Å². The molecule has 1 aliphatic rings. The van der Waals surface area contributed by atoms with Gasteiger partial charge in [0.1, 0.15) is 5.82 Å². The van der Waals surface area contributed by atoms with Gasteiger partial charge < -0.3 is 5.32 Å². The number of para-hydroxylation sites is 1. The molecule has 1 aliphatic heterocycles. The summed E-state index contributed by atoms with van der Waals surface area (Å²) in [5, 5.41) is 3.31. The van der Waals surface area contributed by atoms with E-state index in [9.17, 15) is 4.39 Å². The molecule has 2 aromatic rings. The second kappa shape index (κ2) is 4.13. The minimum absolute atomic E-state index is 0.152. The van der Waals surface area contributed by atoms with Gasteiger partial charge in [-0.05, 0) is 43.0 Å². The zero-order valence-corrected chi connectivity index (χ0v) is 10.6. The molecule has 0 spiro atoms. The Hall–Kier alpha value is -1.83. The summed E-state index contributed by atoms with van der Waals surface area (Å²) in [6, 6.07) is 11.9. The van der Waals surface area contributed by atoms with Gasteiger partial charge in [-0.15, -0.1) is 0 Å². The van der Waals surface area contributed by atoms with Crippen LogP contribution in [-0.2, 0) is 6.42 Å². The Balaban J connectivity index is 1.99. The minimum atomic E-state index is -0.152. The van der Waals surface area contributed by atoms with Crippen molar-refractivity contribution in [3.63, 3.8) is 0 Å². The van der Waals surface area contributed by atoms with Crippen molar-refractivity contribution in [1.29, 1.82) is 0 Å². The molecular weight excluding hydrogens is 225 g/mol. The van der Waals surface area contributed by atoms with E-state index in [2.05, 4.69) is 37.4 Å². The van der Waals surface area contributed by atoms with E-state index in [1.165, 1.54) is 22.8 Å². The van der Waals surface area contributed by atoms with Crippen LogP contribution in [0.4, 0.5) is 10.1 Å². The molecule has 0 saturated heterocycles. The fraction of sp³-hybridized carbons (Fsp3) is 0.250. The first-order valence-corrected chi connectivity index (χ1v) is 6.26. The van der Waals surface area contributed by atoms with E-state index in [1.54, 1.807) is 6.07 Å². The molecule has 1 heterocycles. The van der Waals surface area contributed by atoms with E-state index >= 15 is 0 Å². The molecule has 1 N–H and O–H groups in total. The van der Waals surface area contributed by atoms with E-state index in [0.29, 0.717) is 5.69 Å². The van der Waals surface area contributed by atoms with Gasteiger partial charge >= 0.3 is 0 Å². The first-order chi connectivity index (χ1) is 8.65. The van der Waals surface area contributed by atoms with E-state index in [4.69, 9.17) is 0 Å². The molecule has 18 heavy (non-hydrogen) atoms. The summed E-state index contributed by atoms with van der Waals surface area (Å²) in [7, 11) is 0. The standard InChI is InChI=1S/C16H16FN/c1-10-6-7-11(2)13(8-10)15-9-12-4-3-5-14(17)16(12)18-15/h3-8,15,18H,9H2,1-2H3. The molecule has 0 fully saturated rings. The Morgan fingerprint density at radius 2 is 2.00 bits per heavy atom. The molecular formula is C16H16FN. The third-order valence-electron chi connectivity index (χ3n) is 3.65. The lowest BCUT2D eigenvalue weighted by atomic mass is 9.97. The molecule has 0 aliphatic carbocycles. The molecule has 0 saturated carbocycles. The summed E-state index contributed by atoms with van der Waals surface area (Å²) in [6.07, 6.45) is 0.859. The van der Waals surface area contributed by atoms with E-state index in [0.717, 1.165) is 12.0 Å². The SMILES string of the molecule is Cc1ccc(C)c(C2Cc3cccc(F)c3N2)c1. The number of hydrogen-bond acceptors (Lipinski definition) is 1. The normalized spacial score (nSPS) is 17.4. The molecule has 0 radical (unpaired) electrons. The van der Waals surface area contributed by atoms with Crippen LogP contribution in [-0.4, -0.2) is 0 Å². The average Bonchev–Trinajstić information content (AvgIpc) is 2.77. The van der Waals surface area contributed by atoms with Crippen molar-refractivity contribution in [2.45, 2.75) is 26.3 Å². The van der Waals surface area contributed by atoms with Crippen molar-refractivity contribution in [1.82, 2.24) is 0 Å². The fourth-order valence-corrected chi connectivity index (χ4v) is 2.67. The van der Waals surface area contributed by atoms with Crippen LogP contribution in [0.3, 0.4) is 0 Å². The van der Waals surface area contributed by atoms with Crippen LogP contribution in [0.2, 0.25) is 0 Å². The second-order valence-electron chi connectivity index (χ2n) is 5.04. The lowest BCUT2D eigenvalue weighted by Gasteiger charge is -2.15. The van der Waals surface area contributed by atoms with Crippen molar-refractivity contribution in [2.75, 3.05) is 5.32 Å². The predicted octanol–water partition coefficient (Wildman–Crippen LogP) is 4.15. The smallest absolute Gasteiger partial charge is 0.146 e. The summed E-state index contributed by atoms with van der Waals surface area (Å²) >= 11 is 0. The Kier molecular flexibility index (Phi) is 2.58. The summed E-state index contributed by atoms with van der Waals surface area (Å²) < 4.78 is 13.7. The third-order valence-corrected chi connectivity index (χ3v) is 3.65. The van der Waals surface area contributed by atoms with Gasteiger partial charge in [-0.1, -0.05) is 35.9 Å². The number of fused-ring (bicyclic) bond motifs is 1. The van der Waals surface area contributed by atoms with Gasteiger partial charge in [0.25, 0.3) is 0 Å². The number of rotatable bonds is 1. The quantitative estimate of drug-likeness (QED) is 0.790. The highest BCUT2D eigenvalue weighted by molar-refractivity contribution is 5.59. The van der Waals surface area contributed by atoms with Gasteiger partial charge in [0.15, 0.2) is 0 Å². The first-order valence-electron chi connectivity index (χ1n) is 6.26. The van der Waals surface area contributed by atoms with Crippen molar-refractivity contribution >= 4 is 5.69 Å². The zero-order valence-electron chi connectivity index (χ0n) is 10.6. The second-order valence-corrected chi connectivity index (χ2v) is 5.04. The van der Waals surface area contributed by atoms with Gasteiger partial charge in [-0.2, -0.15) is 0 Å². The lowest BCUT2D eigenvalue weighted by Crippen LogP contribution is -2.08. The lowest BCUT2D eigenvalue weighted by molar-refractivity contribution is 0.630. The maximum absolute atomic E-state index is 13.7. The highest BCUT2D eigenvalue weighted by Crippen LogP contribution is 2.36. The summed E-state index contributed by atoms with van der Waals surface area (Å²) in [5.74, 6) is -0.152. The van der Waals surface area contributed by atoms with Gasteiger partial charge in [0.2, 0.25) is 0 Å². The fourth-order valence-electron chi connectivity index (χ4n) is 2.67. The van der Waals surface area contributed by atoms with Gasteiger partial charge in [-0.3, -0.25) is 0 Å². The van der Waals surface area contributed by atoms with Crippen LogP contribution in [0.15, 0.2) is 36.4 Å². The molecule has 1 atom stereocenters. The number of hydrogen-bond donors (Lipinski definition) is 1. The van der Waals surface area contributed by atoms with Crippen molar-refractivity contribution < 1.29 is 4.39 Å². The maximum Gasteiger partial charge on any atom is 0.146 e. The molecule has 0 bridgehead atoms. The van der Waals surface area contributed by atoms with E-state index in [-0.39, 0.29) is 11.9 Å². The summed E-state index contributed by atoms with van der Waals surface area (Å²) in [5.41, 5.74) is 5.51. The van der Waals surface area contributed by atoms with Gasteiger partial charge in [0.05, 0.1) is 11.7 Å². The predicted molar refractivity (Wildman–Crippen MR) is 72.4 cm³/mol. The maximum atomic E-state index is 13.7. The summed E-state index contributed by atoms with van der Waals surface area (Å²) in [4.78, 5) is 0. The van der Waals surface area contributed by atoms with Crippen LogP contribution in [0.5, 0.6) is 0 Å². The molecule has 92 valence electrons. The number of anilines is 1. The van der Waals surface area contributed by atoms with Crippen molar-refractivity contribution in [3.05, 3.63) is 64.5 Å². The number of halogens is 1. The van der Waals surface area contributed by atoms with Crippen molar-refractivity contribution in [2.24, 2.45) is 0 Å². The van der Waals surface area contributed by atoms with Crippen LogP contribution in [0, 0.1) is 19.7 Å². The molecule has 1 nitrogen and oxygen atoms in total. The van der Waals surface area contributed by atoms with Crippen LogP contribution < -0.4 is 5.32 Å². The molecule has 0 amide bonds. The topological polar surface area (TPSA) is 12.0 Å². The monoisotopic (exact) mass is 241 g/mol. The average molecular weight is 241 g/mol. The Morgan fingerprint density at radius 1 is 1.17 bits per heavy atom. The summed E-state index contributed by atoms with van der Waals surface area (Å²) in [6.45, 7) is 4.20. The van der Waals surface area contributed by atoms with E-state index in [1.807, 2.05) is 6.07 Å². The number of nitrogens with one attached hydrogen (secondary N) is 1. The molecule has 3 rings (SSSR count). The highest BCUT2D eigenvalue weighted by atomic mass is 19.1. The zero-order chi connectivity index (χ0) is 12.7. The minimum Gasteiger partial charge on any atom is -0.375 e. The highest BCUT2D eigenvalue weighted by Gasteiger charge is 2.25. The van der Waals surface area contributed by atoms with Crippen LogP contribution in [0.1, 0.15) is 28.3 Å². The van der Waals surface area contributed by atoms with Crippen molar-refractivity contribution in [3.8, 4) is 0 Å². The van der Waals surface area contributed by atoms with E-state index < -0.39 is 0 Å². The number of aryl methyl sites for hydroxylation is 2. The van der Waals surface area contributed by atoms with Crippen LogP contribution >= 0.6 is 0 Å². The largest absolute Gasteiger partial charge is 0.375 e. The molecule has 1 unspecified atom stereocenters.